The van der Waals surface area contributed by atoms with Crippen LogP contribution >= 0.6 is 15.9 Å². The lowest BCUT2D eigenvalue weighted by molar-refractivity contribution is 0.626. The van der Waals surface area contributed by atoms with Crippen molar-refractivity contribution >= 4 is 27.5 Å². The van der Waals surface area contributed by atoms with E-state index in [9.17, 15) is 4.39 Å². The zero-order valence-electron chi connectivity index (χ0n) is 13.8. The maximum atomic E-state index is 14.6. The van der Waals surface area contributed by atoms with Crippen LogP contribution in [0.4, 0.5) is 10.3 Å². The predicted octanol–water partition coefficient (Wildman–Crippen LogP) is 3.13. The zero-order chi connectivity index (χ0) is 19.0. The van der Waals surface area contributed by atoms with E-state index in [2.05, 4.69) is 36.0 Å². The van der Waals surface area contributed by atoms with Crippen LogP contribution in [0.5, 0.6) is 0 Å². The highest BCUT2D eigenvalue weighted by Crippen LogP contribution is 2.33. The molecular weight excluding hydrogens is 413 g/mol. The molecule has 0 aliphatic rings. The number of anilines is 1. The predicted molar refractivity (Wildman–Crippen MR) is 100 cm³/mol. The van der Waals surface area contributed by atoms with E-state index in [0.29, 0.717) is 22.4 Å². The topological polar surface area (TPSA) is 106 Å². The van der Waals surface area contributed by atoms with Crippen LogP contribution in [-0.2, 0) is 6.42 Å². The van der Waals surface area contributed by atoms with Gasteiger partial charge in [0.05, 0.1) is 22.2 Å². The lowest BCUT2D eigenvalue weighted by atomic mass is 10.1. The number of nitrogens with zero attached hydrogens (tertiary/aromatic N) is 6. The van der Waals surface area contributed by atoms with Crippen LogP contribution in [0.15, 0.2) is 47.1 Å². The molecule has 0 unspecified atom stereocenters. The van der Waals surface area contributed by atoms with Gasteiger partial charge in [0.1, 0.15) is 11.9 Å². The molecule has 0 aliphatic carbocycles. The average Bonchev–Trinajstić information content (AvgIpc) is 3.11. The van der Waals surface area contributed by atoms with Crippen molar-refractivity contribution in [3.05, 3.63) is 70.0 Å². The highest BCUT2D eigenvalue weighted by atomic mass is 79.9. The van der Waals surface area contributed by atoms with Crippen LogP contribution in [0.3, 0.4) is 0 Å². The molecule has 0 spiro atoms. The quantitative estimate of drug-likeness (QED) is 0.542. The molecule has 4 rings (SSSR count). The summed E-state index contributed by atoms with van der Waals surface area (Å²) in [5.74, 6) is -0.0961. The SMILES string of the molecule is N#Cc1cccc(-c2nc(N)n3nc(Cc4ccccn4)nc3c2Br)c1F. The number of benzene rings is 1. The van der Waals surface area contributed by atoms with Crippen molar-refractivity contribution in [3.8, 4) is 17.3 Å². The highest BCUT2D eigenvalue weighted by molar-refractivity contribution is 9.10. The molecule has 2 N–H and O–H groups in total. The molecule has 0 bridgehead atoms. The number of rotatable bonds is 3. The van der Waals surface area contributed by atoms with E-state index in [-0.39, 0.29) is 22.8 Å². The van der Waals surface area contributed by atoms with Crippen molar-refractivity contribution in [2.45, 2.75) is 6.42 Å². The Kier molecular flexibility index (Phi) is 4.25. The zero-order valence-corrected chi connectivity index (χ0v) is 15.4. The van der Waals surface area contributed by atoms with Crippen LogP contribution < -0.4 is 5.73 Å². The Bertz CT molecular complexity index is 1200. The van der Waals surface area contributed by atoms with Gasteiger partial charge in [0.2, 0.25) is 5.95 Å². The summed E-state index contributed by atoms with van der Waals surface area (Å²) in [5, 5.41) is 13.4. The number of hydrogen-bond donors (Lipinski definition) is 1. The normalized spacial score (nSPS) is 10.9. The maximum absolute atomic E-state index is 14.6. The van der Waals surface area contributed by atoms with E-state index in [1.165, 1.54) is 16.6 Å². The second kappa shape index (κ2) is 6.74. The van der Waals surface area contributed by atoms with E-state index in [4.69, 9.17) is 11.0 Å². The number of pyridine rings is 1. The van der Waals surface area contributed by atoms with E-state index in [0.717, 1.165) is 5.69 Å². The van der Waals surface area contributed by atoms with Crippen LogP contribution in [0.1, 0.15) is 17.1 Å². The summed E-state index contributed by atoms with van der Waals surface area (Å²) < 4.78 is 16.4. The van der Waals surface area contributed by atoms with Gasteiger partial charge in [-0.2, -0.15) is 9.78 Å². The minimum atomic E-state index is -0.662. The second-order valence-corrected chi connectivity index (χ2v) is 6.47. The van der Waals surface area contributed by atoms with Gasteiger partial charge in [-0.3, -0.25) is 4.98 Å². The van der Waals surface area contributed by atoms with E-state index >= 15 is 0 Å². The highest BCUT2D eigenvalue weighted by Gasteiger charge is 2.20. The van der Waals surface area contributed by atoms with Crippen LogP contribution in [0, 0.1) is 17.1 Å². The first-order chi connectivity index (χ1) is 13.1. The van der Waals surface area contributed by atoms with Crippen molar-refractivity contribution < 1.29 is 4.39 Å². The van der Waals surface area contributed by atoms with E-state index in [1.807, 2.05) is 24.3 Å². The number of hydrogen-bond acceptors (Lipinski definition) is 6. The van der Waals surface area contributed by atoms with Crippen LogP contribution in [-0.4, -0.2) is 24.6 Å². The largest absolute Gasteiger partial charge is 0.368 e. The molecule has 0 atom stereocenters. The first-order valence-electron chi connectivity index (χ1n) is 7.88. The molecule has 0 radical (unpaired) electrons. The fraction of sp³-hybridized carbons (Fsp3) is 0.0556. The van der Waals surface area contributed by atoms with Crippen LogP contribution in [0.25, 0.3) is 16.9 Å². The van der Waals surface area contributed by atoms with Crippen LogP contribution in [0.2, 0.25) is 0 Å². The minimum Gasteiger partial charge on any atom is -0.368 e. The lowest BCUT2D eigenvalue weighted by Crippen LogP contribution is -2.05. The van der Waals surface area contributed by atoms with Gasteiger partial charge < -0.3 is 5.73 Å². The van der Waals surface area contributed by atoms with E-state index in [1.54, 1.807) is 12.3 Å². The third-order valence-electron chi connectivity index (χ3n) is 3.94. The van der Waals surface area contributed by atoms with Gasteiger partial charge in [-0.25, -0.2) is 14.4 Å². The molecule has 4 aromatic rings. The number of aromatic nitrogens is 5. The Balaban J connectivity index is 1.86. The monoisotopic (exact) mass is 423 g/mol. The Morgan fingerprint density at radius 3 is 2.78 bits per heavy atom. The molecule has 3 heterocycles. The van der Waals surface area contributed by atoms with Gasteiger partial charge in [-0.15, -0.1) is 5.10 Å². The molecule has 9 heteroatoms. The fourth-order valence-corrected chi connectivity index (χ4v) is 3.25. The fourth-order valence-electron chi connectivity index (χ4n) is 2.69. The first kappa shape index (κ1) is 17.1. The summed E-state index contributed by atoms with van der Waals surface area (Å²) in [7, 11) is 0. The standard InChI is InChI=1S/C18H11BrFN7/c19-14-16(12-6-3-4-10(9-21)15(12)20)25-18(22)27-17(14)24-13(26-27)8-11-5-1-2-7-23-11/h1-7H,8H2,(H2,22,25). The number of nitriles is 1. The van der Waals surface area contributed by atoms with Gasteiger partial charge in [0, 0.05) is 17.5 Å². The number of nitrogens with two attached hydrogens (primary N) is 1. The average molecular weight is 424 g/mol. The molecule has 0 amide bonds. The Morgan fingerprint density at radius 2 is 2.04 bits per heavy atom. The summed E-state index contributed by atoms with van der Waals surface area (Å²) >= 11 is 3.43. The third kappa shape index (κ3) is 3.00. The Labute approximate surface area is 161 Å². The molecule has 3 aromatic heterocycles. The first-order valence-corrected chi connectivity index (χ1v) is 8.67. The van der Waals surface area contributed by atoms with E-state index < -0.39 is 5.82 Å². The molecular formula is C18H11BrFN7. The molecule has 0 saturated carbocycles. The molecule has 132 valence electrons. The molecule has 27 heavy (non-hydrogen) atoms. The Morgan fingerprint density at radius 1 is 1.19 bits per heavy atom. The number of fused-ring (bicyclic) bond motifs is 1. The minimum absolute atomic E-state index is 0.0599. The Hall–Kier alpha value is -3.38. The number of halogens is 2. The summed E-state index contributed by atoms with van der Waals surface area (Å²) in [5.41, 5.74) is 7.57. The third-order valence-corrected chi connectivity index (χ3v) is 4.67. The molecule has 0 aliphatic heterocycles. The molecule has 7 nitrogen and oxygen atoms in total. The van der Waals surface area contributed by atoms with Gasteiger partial charge in [-0.1, -0.05) is 12.1 Å². The van der Waals surface area contributed by atoms with Crippen molar-refractivity contribution in [3.63, 3.8) is 0 Å². The lowest BCUT2D eigenvalue weighted by Gasteiger charge is -2.08. The van der Waals surface area contributed by atoms with Crippen molar-refractivity contribution in [1.29, 1.82) is 5.26 Å². The summed E-state index contributed by atoms with van der Waals surface area (Å²) in [6, 6.07) is 11.9. The second-order valence-electron chi connectivity index (χ2n) is 5.67. The summed E-state index contributed by atoms with van der Waals surface area (Å²) in [6.45, 7) is 0. The number of nitrogen functional groups attached to an aromatic ring is 1. The van der Waals surface area contributed by atoms with Gasteiger partial charge in [-0.05, 0) is 40.2 Å². The van der Waals surface area contributed by atoms with Crippen molar-refractivity contribution in [1.82, 2.24) is 24.6 Å². The summed E-state index contributed by atoms with van der Waals surface area (Å²) in [6.07, 6.45) is 2.11. The molecule has 0 fully saturated rings. The van der Waals surface area contributed by atoms with Gasteiger partial charge in [0.15, 0.2) is 11.5 Å². The maximum Gasteiger partial charge on any atom is 0.223 e. The van der Waals surface area contributed by atoms with Gasteiger partial charge >= 0.3 is 0 Å². The molecule has 0 saturated heterocycles. The van der Waals surface area contributed by atoms with Crippen molar-refractivity contribution in [2.24, 2.45) is 0 Å². The molecule has 1 aromatic carbocycles. The summed E-state index contributed by atoms with van der Waals surface area (Å²) in [4.78, 5) is 13.0. The van der Waals surface area contributed by atoms with Gasteiger partial charge in [0.25, 0.3) is 0 Å². The van der Waals surface area contributed by atoms with Crippen molar-refractivity contribution in [2.75, 3.05) is 5.73 Å². The smallest absolute Gasteiger partial charge is 0.223 e.